The smallest absolute Gasteiger partial charge is 0.324 e. The van der Waals surface area contributed by atoms with Crippen LogP contribution in [-0.2, 0) is 0 Å². The van der Waals surface area contributed by atoms with Crippen molar-refractivity contribution in [2.45, 2.75) is 0 Å². The average molecular weight is 336 g/mol. The summed E-state index contributed by atoms with van der Waals surface area (Å²) in [6, 6.07) is 7.80. The lowest BCUT2D eigenvalue weighted by Gasteiger charge is -2.15. The topological polar surface area (TPSA) is 76.3 Å². The molecule has 0 aliphatic carbocycles. The second kappa shape index (κ2) is 8.64. The van der Waals surface area contributed by atoms with Crippen molar-refractivity contribution < 1.29 is 4.79 Å². The number of hydrogen-bond donors (Lipinski definition) is 3. The molecule has 0 spiro atoms. The molecule has 0 atom stereocenters. The van der Waals surface area contributed by atoms with E-state index in [0.717, 1.165) is 35.8 Å². The molecule has 0 unspecified atom stereocenters. The number of nitrogens with one attached hydrogen (secondary N) is 3. The van der Waals surface area contributed by atoms with Gasteiger partial charge in [-0.25, -0.2) is 9.78 Å². The van der Waals surface area contributed by atoms with E-state index in [4.69, 9.17) is 0 Å². The third-order valence-electron chi connectivity index (χ3n) is 3.28. The summed E-state index contributed by atoms with van der Waals surface area (Å²) in [6.07, 6.45) is 0. The zero-order valence-electron chi connectivity index (χ0n) is 13.8. The second-order valence-electron chi connectivity index (χ2n) is 5.51. The first kappa shape index (κ1) is 17.4. The lowest BCUT2D eigenvalue weighted by atomic mass is 10.3. The molecule has 0 fully saturated rings. The first-order valence-corrected chi connectivity index (χ1v) is 8.51. The van der Waals surface area contributed by atoms with E-state index >= 15 is 0 Å². The Morgan fingerprint density at radius 1 is 1.26 bits per heavy atom. The van der Waals surface area contributed by atoms with Crippen LogP contribution in [0.3, 0.4) is 0 Å². The second-order valence-corrected chi connectivity index (χ2v) is 6.41. The monoisotopic (exact) mass is 336 g/mol. The number of hydrogen-bond acceptors (Lipinski definition) is 5. The van der Waals surface area contributed by atoms with Crippen LogP contribution in [0.5, 0.6) is 0 Å². The SMILES string of the molecule is CN(C)CCNC(=O)NSCCN(C)c1nc2ccccc2[nH]1. The number of urea groups is 1. The van der Waals surface area contributed by atoms with Crippen molar-refractivity contribution in [1.29, 1.82) is 0 Å². The molecule has 8 heteroatoms. The van der Waals surface area contributed by atoms with E-state index < -0.39 is 0 Å². The van der Waals surface area contributed by atoms with Crippen molar-refractivity contribution >= 4 is 35.0 Å². The maximum absolute atomic E-state index is 11.6. The number of rotatable bonds is 8. The summed E-state index contributed by atoms with van der Waals surface area (Å²) < 4.78 is 2.78. The average Bonchev–Trinajstić information content (AvgIpc) is 2.95. The fourth-order valence-electron chi connectivity index (χ4n) is 1.95. The summed E-state index contributed by atoms with van der Waals surface area (Å²) in [4.78, 5) is 23.5. The van der Waals surface area contributed by atoms with Crippen LogP contribution in [0.25, 0.3) is 11.0 Å². The van der Waals surface area contributed by atoms with E-state index in [1.54, 1.807) is 0 Å². The predicted octanol–water partition coefficient (Wildman–Crippen LogP) is 1.51. The zero-order chi connectivity index (χ0) is 16.7. The van der Waals surface area contributed by atoms with Gasteiger partial charge in [-0.1, -0.05) is 12.1 Å². The first-order valence-electron chi connectivity index (χ1n) is 7.52. The lowest BCUT2D eigenvalue weighted by Crippen LogP contribution is -2.36. The summed E-state index contributed by atoms with van der Waals surface area (Å²) in [5.74, 6) is 1.61. The number of H-pyrrole nitrogens is 1. The predicted molar refractivity (Wildman–Crippen MR) is 96.9 cm³/mol. The maximum atomic E-state index is 11.6. The van der Waals surface area contributed by atoms with Crippen LogP contribution < -0.4 is 14.9 Å². The molecule has 126 valence electrons. The number of aromatic nitrogens is 2. The number of para-hydroxylation sites is 2. The van der Waals surface area contributed by atoms with Gasteiger partial charge in [0.2, 0.25) is 5.95 Å². The molecule has 0 saturated heterocycles. The number of likely N-dealkylation sites (N-methyl/N-ethyl adjacent to an activating group) is 1. The Kier molecular flexibility index (Phi) is 6.54. The Morgan fingerprint density at radius 2 is 2.04 bits per heavy atom. The van der Waals surface area contributed by atoms with Crippen LogP contribution in [0.2, 0.25) is 0 Å². The van der Waals surface area contributed by atoms with Crippen molar-refractivity contribution in [1.82, 2.24) is 24.9 Å². The van der Waals surface area contributed by atoms with Crippen molar-refractivity contribution in [3.8, 4) is 0 Å². The molecule has 1 aromatic carbocycles. The molecule has 0 radical (unpaired) electrons. The van der Waals surface area contributed by atoms with Gasteiger partial charge in [0.15, 0.2) is 0 Å². The van der Waals surface area contributed by atoms with Crippen molar-refractivity contribution in [3.63, 3.8) is 0 Å². The molecule has 1 aromatic heterocycles. The Morgan fingerprint density at radius 3 is 2.78 bits per heavy atom. The highest BCUT2D eigenvalue weighted by atomic mass is 32.2. The lowest BCUT2D eigenvalue weighted by molar-refractivity contribution is 0.245. The van der Waals surface area contributed by atoms with Crippen LogP contribution in [0.15, 0.2) is 24.3 Å². The minimum absolute atomic E-state index is 0.150. The van der Waals surface area contributed by atoms with E-state index in [0.29, 0.717) is 6.54 Å². The summed E-state index contributed by atoms with van der Waals surface area (Å²) in [5.41, 5.74) is 1.99. The van der Waals surface area contributed by atoms with E-state index in [1.165, 1.54) is 11.9 Å². The van der Waals surface area contributed by atoms with E-state index in [1.807, 2.05) is 55.2 Å². The van der Waals surface area contributed by atoms with Gasteiger partial charge in [0.25, 0.3) is 0 Å². The van der Waals surface area contributed by atoms with E-state index in [9.17, 15) is 4.79 Å². The Hall–Kier alpha value is -1.93. The van der Waals surface area contributed by atoms with Crippen LogP contribution in [0, 0.1) is 0 Å². The highest BCUT2D eigenvalue weighted by molar-refractivity contribution is 7.97. The maximum Gasteiger partial charge on any atom is 0.324 e. The largest absolute Gasteiger partial charge is 0.345 e. The third kappa shape index (κ3) is 5.65. The van der Waals surface area contributed by atoms with Crippen molar-refractivity contribution in [2.24, 2.45) is 0 Å². The molecule has 0 aliphatic heterocycles. The number of nitrogens with zero attached hydrogens (tertiary/aromatic N) is 3. The number of fused-ring (bicyclic) bond motifs is 1. The van der Waals surface area contributed by atoms with Gasteiger partial charge in [0, 0.05) is 32.4 Å². The molecule has 0 aliphatic rings. The molecule has 23 heavy (non-hydrogen) atoms. The number of imidazole rings is 1. The minimum Gasteiger partial charge on any atom is -0.345 e. The van der Waals surface area contributed by atoms with Gasteiger partial charge in [-0.3, -0.25) is 4.72 Å². The van der Waals surface area contributed by atoms with Gasteiger partial charge in [0.1, 0.15) is 0 Å². The molecule has 0 saturated carbocycles. The van der Waals surface area contributed by atoms with Gasteiger partial charge in [-0.05, 0) is 38.2 Å². The van der Waals surface area contributed by atoms with Crippen LogP contribution in [-0.4, -0.2) is 67.4 Å². The summed E-state index contributed by atoms with van der Waals surface area (Å²) in [5, 5.41) is 2.81. The molecule has 1 heterocycles. The standard InChI is InChI=1S/C15H24N6OS/c1-20(2)9-8-16-15(22)19-23-11-10-21(3)14-17-12-6-4-5-7-13(12)18-14/h4-7H,8-11H2,1-3H3,(H,17,18)(H2,16,19,22). The van der Waals surface area contributed by atoms with Crippen molar-refractivity contribution in [2.75, 3.05) is 51.4 Å². The Bertz CT molecular complexity index is 596. The summed E-state index contributed by atoms with van der Waals surface area (Å²) in [6.45, 7) is 2.24. The first-order chi connectivity index (χ1) is 11.1. The highest BCUT2D eigenvalue weighted by Gasteiger charge is 2.07. The highest BCUT2D eigenvalue weighted by Crippen LogP contribution is 2.15. The molecule has 2 aromatic rings. The van der Waals surface area contributed by atoms with Crippen LogP contribution in [0.1, 0.15) is 0 Å². The van der Waals surface area contributed by atoms with Gasteiger partial charge >= 0.3 is 6.03 Å². The third-order valence-corrected chi connectivity index (χ3v) is 3.99. The van der Waals surface area contributed by atoms with Gasteiger partial charge in [-0.2, -0.15) is 0 Å². The number of carbonyl (C=O) groups is 1. The fourth-order valence-corrected chi connectivity index (χ4v) is 2.62. The molecule has 0 bridgehead atoms. The van der Waals surface area contributed by atoms with Gasteiger partial charge < -0.3 is 20.1 Å². The normalized spacial score (nSPS) is 11.0. The molecular weight excluding hydrogens is 312 g/mol. The molecule has 3 N–H and O–H groups in total. The van der Waals surface area contributed by atoms with Gasteiger partial charge in [0.05, 0.1) is 11.0 Å². The summed E-state index contributed by atoms with van der Waals surface area (Å²) >= 11 is 1.39. The van der Waals surface area contributed by atoms with Gasteiger partial charge in [-0.15, -0.1) is 0 Å². The van der Waals surface area contributed by atoms with E-state index in [-0.39, 0.29) is 6.03 Å². The van der Waals surface area contributed by atoms with Crippen LogP contribution in [0.4, 0.5) is 10.7 Å². The number of benzene rings is 1. The number of aromatic amines is 1. The number of carbonyl (C=O) groups excluding carboxylic acids is 1. The van der Waals surface area contributed by atoms with Crippen LogP contribution >= 0.6 is 11.9 Å². The number of anilines is 1. The van der Waals surface area contributed by atoms with E-state index in [2.05, 4.69) is 20.0 Å². The quantitative estimate of drug-likeness (QED) is 0.503. The molecular formula is C15H24N6OS. The molecule has 7 nitrogen and oxygen atoms in total. The zero-order valence-corrected chi connectivity index (χ0v) is 14.6. The number of amides is 2. The summed E-state index contributed by atoms with van der Waals surface area (Å²) in [7, 11) is 5.93. The Labute approximate surface area is 141 Å². The minimum atomic E-state index is -0.150. The fraction of sp³-hybridized carbons (Fsp3) is 0.467. The molecule has 2 amide bonds. The molecule has 2 rings (SSSR count). The Balaban J connectivity index is 1.66. The van der Waals surface area contributed by atoms with Crippen molar-refractivity contribution in [3.05, 3.63) is 24.3 Å².